The second-order valence-electron chi connectivity index (χ2n) is 1.99. The first-order valence-electron chi connectivity index (χ1n) is 2.83. The quantitative estimate of drug-likeness (QED) is 0.402. The summed E-state index contributed by atoms with van der Waals surface area (Å²) in [5.74, 6) is 0. The van der Waals surface area contributed by atoms with Gasteiger partial charge in [0.25, 0.3) is 0 Å². The molecule has 0 atom stereocenters. The SMILES string of the molecule is O[B-](O)(O)c1ccccn1. The molecule has 0 aliphatic heterocycles. The Labute approximate surface area is 57.8 Å². The number of aromatic nitrogens is 1. The summed E-state index contributed by atoms with van der Waals surface area (Å²) in [7, 11) is 0. The minimum absolute atomic E-state index is 0.123. The average Bonchev–Trinajstić information content (AvgIpc) is 1.88. The number of hydrogen-bond acceptors (Lipinski definition) is 4. The van der Waals surface area contributed by atoms with Gasteiger partial charge in [0.2, 0.25) is 0 Å². The summed E-state index contributed by atoms with van der Waals surface area (Å²) in [6.07, 6.45) is 1.37. The molecule has 0 bridgehead atoms. The van der Waals surface area contributed by atoms with E-state index in [1.54, 1.807) is 12.1 Å². The molecule has 0 aliphatic rings. The van der Waals surface area contributed by atoms with Gasteiger partial charge in [0, 0.05) is 6.20 Å². The van der Waals surface area contributed by atoms with Crippen molar-refractivity contribution in [2.24, 2.45) is 0 Å². The Kier molecular flexibility index (Phi) is 1.71. The molecule has 1 aromatic rings. The van der Waals surface area contributed by atoms with Crippen molar-refractivity contribution in [2.45, 2.75) is 0 Å². The minimum atomic E-state index is -3.42. The summed E-state index contributed by atoms with van der Waals surface area (Å²) < 4.78 is 0. The van der Waals surface area contributed by atoms with Gasteiger partial charge in [0.15, 0.2) is 0 Å². The Balaban J connectivity index is 2.97. The first kappa shape index (κ1) is 7.20. The standard InChI is InChI=1S/C5H7BNO3/c8-6(9,10)5-3-1-2-4-7-5/h1-4,8-10H/q-1. The van der Waals surface area contributed by atoms with Crippen LogP contribution in [0.25, 0.3) is 0 Å². The van der Waals surface area contributed by atoms with E-state index in [1.807, 2.05) is 0 Å². The molecular weight excluding hydrogens is 133 g/mol. The molecule has 0 unspecified atom stereocenters. The highest BCUT2D eigenvalue weighted by Gasteiger charge is 2.18. The fourth-order valence-corrected chi connectivity index (χ4v) is 0.605. The van der Waals surface area contributed by atoms with E-state index in [0.717, 1.165) is 0 Å². The molecule has 4 nitrogen and oxygen atoms in total. The molecule has 3 N–H and O–H groups in total. The maximum atomic E-state index is 8.60. The second kappa shape index (κ2) is 2.38. The monoisotopic (exact) mass is 140 g/mol. The van der Waals surface area contributed by atoms with Crippen molar-refractivity contribution < 1.29 is 15.1 Å². The van der Waals surface area contributed by atoms with E-state index in [2.05, 4.69) is 4.98 Å². The smallest absolute Gasteiger partial charge is 0.420 e. The van der Waals surface area contributed by atoms with Gasteiger partial charge < -0.3 is 15.1 Å². The Morgan fingerprint density at radius 2 is 1.90 bits per heavy atom. The fourth-order valence-electron chi connectivity index (χ4n) is 0.605. The lowest BCUT2D eigenvalue weighted by Crippen LogP contribution is -2.50. The Morgan fingerprint density at radius 1 is 1.20 bits per heavy atom. The van der Waals surface area contributed by atoms with Crippen molar-refractivity contribution in [1.29, 1.82) is 0 Å². The van der Waals surface area contributed by atoms with Crippen LogP contribution in [0.1, 0.15) is 0 Å². The first-order valence-corrected chi connectivity index (χ1v) is 2.83. The van der Waals surface area contributed by atoms with Gasteiger partial charge in [-0.15, -0.1) is 0 Å². The summed E-state index contributed by atoms with van der Waals surface area (Å²) in [6, 6.07) is 4.51. The molecular formula is C5H7BNO3-. The van der Waals surface area contributed by atoms with Crippen molar-refractivity contribution in [1.82, 2.24) is 4.98 Å². The van der Waals surface area contributed by atoms with Crippen molar-refractivity contribution in [3.05, 3.63) is 24.4 Å². The number of pyridine rings is 1. The van der Waals surface area contributed by atoms with E-state index in [4.69, 9.17) is 15.1 Å². The average molecular weight is 140 g/mol. The van der Waals surface area contributed by atoms with E-state index < -0.39 is 6.75 Å². The second-order valence-corrected chi connectivity index (χ2v) is 1.99. The lowest BCUT2D eigenvalue weighted by Gasteiger charge is -2.18. The summed E-state index contributed by atoms with van der Waals surface area (Å²) >= 11 is 0. The van der Waals surface area contributed by atoms with Crippen molar-refractivity contribution in [2.75, 3.05) is 0 Å². The van der Waals surface area contributed by atoms with Crippen LogP contribution in [-0.4, -0.2) is 26.8 Å². The molecule has 0 saturated carbocycles. The minimum Gasteiger partial charge on any atom is -0.555 e. The third-order valence-corrected chi connectivity index (χ3v) is 1.08. The summed E-state index contributed by atoms with van der Waals surface area (Å²) in [6.45, 7) is -3.42. The van der Waals surface area contributed by atoms with Gasteiger partial charge >= 0.3 is 6.75 Å². The summed E-state index contributed by atoms with van der Waals surface area (Å²) in [5.41, 5.74) is -0.123. The Bertz CT molecular complexity index is 208. The van der Waals surface area contributed by atoms with Gasteiger partial charge in [0.1, 0.15) is 0 Å². The third kappa shape index (κ3) is 1.54. The van der Waals surface area contributed by atoms with E-state index in [9.17, 15) is 0 Å². The molecule has 1 rings (SSSR count). The normalized spacial score (nSPS) is 11.5. The van der Waals surface area contributed by atoms with Crippen LogP contribution in [0, 0.1) is 0 Å². The predicted molar refractivity (Wildman–Crippen MR) is 36.3 cm³/mol. The van der Waals surface area contributed by atoms with Crippen LogP contribution in [0.4, 0.5) is 0 Å². The number of nitrogens with zero attached hydrogens (tertiary/aromatic N) is 1. The molecule has 0 fully saturated rings. The van der Waals surface area contributed by atoms with E-state index in [1.165, 1.54) is 12.3 Å². The zero-order valence-electron chi connectivity index (χ0n) is 5.18. The number of rotatable bonds is 1. The van der Waals surface area contributed by atoms with Gasteiger partial charge in [-0.25, -0.2) is 0 Å². The van der Waals surface area contributed by atoms with Gasteiger partial charge in [0.05, 0.1) is 0 Å². The van der Waals surface area contributed by atoms with Crippen LogP contribution < -0.4 is 5.59 Å². The van der Waals surface area contributed by atoms with Gasteiger partial charge in [-0.1, -0.05) is 12.1 Å². The third-order valence-electron chi connectivity index (χ3n) is 1.08. The zero-order chi connectivity index (χ0) is 7.61. The molecule has 54 valence electrons. The fraction of sp³-hybridized carbons (Fsp3) is 0. The van der Waals surface area contributed by atoms with Crippen LogP contribution in [0.2, 0.25) is 0 Å². The van der Waals surface area contributed by atoms with Gasteiger partial charge in [-0.2, -0.15) is 0 Å². The van der Waals surface area contributed by atoms with E-state index in [0.29, 0.717) is 0 Å². The molecule has 0 aliphatic carbocycles. The van der Waals surface area contributed by atoms with E-state index in [-0.39, 0.29) is 5.59 Å². The highest BCUT2D eigenvalue weighted by atomic mass is 16.5. The molecule has 10 heavy (non-hydrogen) atoms. The molecule has 1 heterocycles. The lowest BCUT2D eigenvalue weighted by molar-refractivity contribution is 0.248. The summed E-state index contributed by atoms with van der Waals surface area (Å²) in [4.78, 5) is 3.53. The van der Waals surface area contributed by atoms with Crippen LogP contribution in [0.3, 0.4) is 0 Å². The molecule has 5 heteroatoms. The van der Waals surface area contributed by atoms with Crippen molar-refractivity contribution >= 4 is 12.3 Å². The topological polar surface area (TPSA) is 73.6 Å². The largest absolute Gasteiger partial charge is 0.555 e. The zero-order valence-corrected chi connectivity index (χ0v) is 5.18. The van der Waals surface area contributed by atoms with E-state index >= 15 is 0 Å². The first-order chi connectivity index (χ1) is 4.61. The molecule has 0 saturated heterocycles. The number of hydrogen-bond donors (Lipinski definition) is 3. The predicted octanol–water partition coefficient (Wildman–Crippen LogP) is -1.80. The van der Waals surface area contributed by atoms with Crippen molar-refractivity contribution in [3.8, 4) is 0 Å². The molecule has 1 aromatic heterocycles. The van der Waals surface area contributed by atoms with Gasteiger partial charge in [-0.3, -0.25) is 4.98 Å². The molecule has 0 amide bonds. The highest BCUT2D eigenvalue weighted by molar-refractivity contribution is 6.70. The van der Waals surface area contributed by atoms with Crippen LogP contribution in [-0.2, 0) is 0 Å². The Morgan fingerprint density at radius 3 is 2.20 bits per heavy atom. The molecule has 0 radical (unpaired) electrons. The summed E-state index contributed by atoms with van der Waals surface area (Å²) in [5, 5.41) is 25.8. The van der Waals surface area contributed by atoms with Crippen LogP contribution in [0.5, 0.6) is 0 Å². The molecule has 0 aromatic carbocycles. The van der Waals surface area contributed by atoms with Crippen molar-refractivity contribution in [3.63, 3.8) is 0 Å². The van der Waals surface area contributed by atoms with Crippen LogP contribution >= 0.6 is 0 Å². The highest BCUT2D eigenvalue weighted by Crippen LogP contribution is 1.85. The lowest BCUT2D eigenvalue weighted by atomic mass is 9.75. The van der Waals surface area contributed by atoms with Gasteiger partial charge in [-0.05, 0) is 11.7 Å². The maximum Gasteiger partial charge on any atom is 0.420 e. The maximum absolute atomic E-state index is 8.60. The van der Waals surface area contributed by atoms with Crippen LogP contribution in [0.15, 0.2) is 24.4 Å². The Hall–Kier alpha value is -0.905. The molecule has 0 spiro atoms.